The molecule has 0 saturated carbocycles. The van der Waals surface area contributed by atoms with Crippen molar-refractivity contribution >= 4 is 0 Å². The van der Waals surface area contributed by atoms with Crippen molar-refractivity contribution in [3.63, 3.8) is 0 Å². The minimum absolute atomic E-state index is 0.147. The largest absolute Gasteiger partial charge is 0.496 e. The minimum atomic E-state index is -2.76. The molecule has 0 aromatic heterocycles. The number of ether oxygens (including phenoxy) is 1. The molecule has 0 atom stereocenters. The van der Waals surface area contributed by atoms with Crippen LogP contribution in [-0.4, -0.2) is 7.11 Å². The molecule has 0 heterocycles. The minimum Gasteiger partial charge on any atom is -0.496 e. The van der Waals surface area contributed by atoms with Crippen molar-refractivity contribution in [1.82, 2.24) is 0 Å². The quantitative estimate of drug-likeness (QED) is 0.756. The Kier molecular flexibility index (Phi) is 3.56. The first-order valence-electron chi connectivity index (χ1n) is 5.38. The first-order valence-corrected chi connectivity index (χ1v) is 5.38. The van der Waals surface area contributed by atoms with Gasteiger partial charge >= 0.3 is 0 Å². The fourth-order valence-corrected chi connectivity index (χ4v) is 2.00. The van der Waals surface area contributed by atoms with Crippen molar-refractivity contribution in [2.45, 2.75) is 40.0 Å². The monoisotopic (exact) mass is 228 g/mol. The second-order valence-electron chi connectivity index (χ2n) is 4.08. The Morgan fingerprint density at radius 1 is 1.19 bits per heavy atom. The Hall–Kier alpha value is -1.12. The second-order valence-corrected chi connectivity index (χ2v) is 4.08. The van der Waals surface area contributed by atoms with Gasteiger partial charge in [0.05, 0.1) is 7.11 Å². The molecule has 0 fully saturated rings. The van der Waals surface area contributed by atoms with Crippen molar-refractivity contribution in [3.05, 3.63) is 28.3 Å². The maximum absolute atomic E-state index is 13.8. The van der Waals surface area contributed by atoms with E-state index in [0.717, 1.165) is 5.56 Å². The number of hydrogen-bond donors (Lipinski definition) is 0. The molecule has 0 N–H and O–H groups in total. The van der Waals surface area contributed by atoms with Crippen LogP contribution >= 0.6 is 0 Å². The zero-order chi connectivity index (χ0) is 12.5. The van der Waals surface area contributed by atoms with E-state index in [1.807, 2.05) is 6.92 Å². The molecule has 90 valence electrons. The molecule has 0 aliphatic rings. The first kappa shape index (κ1) is 12.9. The summed E-state index contributed by atoms with van der Waals surface area (Å²) in [6.07, 6.45) is -0.180. The average molecular weight is 228 g/mol. The molecule has 0 spiro atoms. The van der Waals surface area contributed by atoms with E-state index in [0.29, 0.717) is 16.9 Å². The number of hydrogen-bond acceptors (Lipinski definition) is 1. The van der Waals surface area contributed by atoms with Crippen LogP contribution in [0.4, 0.5) is 8.78 Å². The molecule has 3 heteroatoms. The number of benzene rings is 1. The summed E-state index contributed by atoms with van der Waals surface area (Å²) in [5, 5.41) is 0. The molecule has 0 unspecified atom stereocenters. The molecular weight excluding hydrogens is 210 g/mol. The molecule has 0 radical (unpaired) electrons. The van der Waals surface area contributed by atoms with Gasteiger partial charge in [-0.3, -0.25) is 0 Å². The molecule has 1 rings (SSSR count). The standard InChI is InChI=1S/C13H18F2O/c1-6-13(14,15)12-8(2)7-11(16-5)9(3)10(12)4/h7H,6H2,1-5H3. The van der Waals surface area contributed by atoms with Crippen LogP contribution in [0.15, 0.2) is 6.07 Å². The van der Waals surface area contributed by atoms with E-state index in [9.17, 15) is 8.78 Å². The maximum atomic E-state index is 13.8. The van der Waals surface area contributed by atoms with Gasteiger partial charge in [0.15, 0.2) is 0 Å². The predicted octanol–water partition coefficient (Wildman–Crippen LogP) is 4.12. The van der Waals surface area contributed by atoms with E-state index < -0.39 is 5.92 Å². The number of rotatable bonds is 3. The van der Waals surface area contributed by atoms with Gasteiger partial charge in [-0.15, -0.1) is 0 Å². The maximum Gasteiger partial charge on any atom is 0.273 e. The van der Waals surface area contributed by atoms with Crippen molar-refractivity contribution in [2.24, 2.45) is 0 Å². The smallest absolute Gasteiger partial charge is 0.273 e. The van der Waals surface area contributed by atoms with Gasteiger partial charge in [-0.05, 0) is 43.5 Å². The lowest BCUT2D eigenvalue weighted by Crippen LogP contribution is -2.16. The third-order valence-corrected chi connectivity index (χ3v) is 3.08. The molecule has 1 aromatic rings. The van der Waals surface area contributed by atoms with Crippen LogP contribution in [-0.2, 0) is 5.92 Å². The molecule has 1 nitrogen and oxygen atoms in total. The van der Waals surface area contributed by atoms with Crippen LogP contribution in [0.2, 0.25) is 0 Å². The van der Waals surface area contributed by atoms with E-state index in [1.54, 1.807) is 27.0 Å². The van der Waals surface area contributed by atoms with Crippen LogP contribution in [0.25, 0.3) is 0 Å². The lowest BCUT2D eigenvalue weighted by molar-refractivity contribution is -0.00960. The van der Waals surface area contributed by atoms with Gasteiger partial charge < -0.3 is 4.74 Å². The molecule has 1 aromatic carbocycles. The Morgan fingerprint density at radius 3 is 2.19 bits per heavy atom. The zero-order valence-corrected chi connectivity index (χ0v) is 10.4. The SMILES string of the molecule is CCC(F)(F)c1c(C)cc(OC)c(C)c1C. The van der Waals surface area contributed by atoms with Gasteiger partial charge in [0.25, 0.3) is 5.92 Å². The Bertz CT molecular complexity index is 397. The van der Waals surface area contributed by atoms with Gasteiger partial charge in [-0.2, -0.15) is 0 Å². The summed E-state index contributed by atoms with van der Waals surface area (Å²) in [7, 11) is 1.55. The van der Waals surface area contributed by atoms with E-state index in [1.165, 1.54) is 6.92 Å². The normalized spacial score (nSPS) is 11.7. The fraction of sp³-hybridized carbons (Fsp3) is 0.538. The van der Waals surface area contributed by atoms with E-state index in [-0.39, 0.29) is 12.0 Å². The Morgan fingerprint density at radius 2 is 1.75 bits per heavy atom. The second kappa shape index (κ2) is 4.40. The number of aryl methyl sites for hydroxylation is 1. The average Bonchev–Trinajstić information content (AvgIpc) is 2.23. The predicted molar refractivity (Wildman–Crippen MR) is 61.4 cm³/mol. The number of methoxy groups -OCH3 is 1. The highest BCUT2D eigenvalue weighted by atomic mass is 19.3. The van der Waals surface area contributed by atoms with Gasteiger partial charge in [0.1, 0.15) is 5.75 Å². The topological polar surface area (TPSA) is 9.23 Å². The van der Waals surface area contributed by atoms with Gasteiger partial charge in [-0.1, -0.05) is 6.92 Å². The van der Waals surface area contributed by atoms with Crippen LogP contribution in [0, 0.1) is 20.8 Å². The summed E-state index contributed by atoms with van der Waals surface area (Å²) in [5.74, 6) is -2.09. The Labute approximate surface area is 95.4 Å². The zero-order valence-electron chi connectivity index (χ0n) is 10.4. The molecule has 0 amide bonds. The lowest BCUT2D eigenvalue weighted by Gasteiger charge is -2.22. The fourth-order valence-electron chi connectivity index (χ4n) is 2.00. The van der Waals surface area contributed by atoms with Crippen molar-refractivity contribution in [2.75, 3.05) is 7.11 Å². The molecule has 0 bridgehead atoms. The highest BCUT2D eigenvalue weighted by Crippen LogP contribution is 2.39. The first-order chi connectivity index (χ1) is 7.35. The molecule has 0 aliphatic carbocycles. The van der Waals surface area contributed by atoms with Gasteiger partial charge in [0, 0.05) is 12.0 Å². The van der Waals surface area contributed by atoms with Gasteiger partial charge in [0.2, 0.25) is 0 Å². The van der Waals surface area contributed by atoms with Crippen LogP contribution in [0.5, 0.6) is 5.75 Å². The summed E-state index contributed by atoms with van der Waals surface area (Å²) in [6, 6.07) is 1.68. The van der Waals surface area contributed by atoms with Crippen molar-refractivity contribution in [3.8, 4) is 5.75 Å². The lowest BCUT2D eigenvalue weighted by atomic mass is 9.92. The number of alkyl halides is 2. The summed E-state index contributed by atoms with van der Waals surface area (Å²) in [6.45, 7) is 6.74. The van der Waals surface area contributed by atoms with E-state index >= 15 is 0 Å². The summed E-state index contributed by atoms with van der Waals surface area (Å²) >= 11 is 0. The Balaban J connectivity index is 3.48. The van der Waals surface area contributed by atoms with Crippen molar-refractivity contribution < 1.29 is 13.5 Å². The molecule has 0 aliphatic heterocycles. The van der Waals surface area contributed by atoms with E-state index in [4.69, 9.17) is 4.74 Å². The van der Waals surface area contributed by atoms with Gasteiger partial charge in [-0.25, -0.2) is 8.78 Å². The molecular formula is C13H18F2O. The van der Waals surface area contributed by atoms with Crippen LogP contribution < -0.4 is 4.74 Å². The molecule has 16 heavy (non-hydrogen) atoms. The van der Waals surface area contributed by atoms with Crippen molar-refractivity contribution in [1.29, 1.82) is 0 Å². The third kappa shape index (κ3) is 2.04. The summed E-state index contributed by atoms with van der Waals surface area (Å²) < 4.78 is 32.7. The molecule has 0 saturated heterocycles. The highest BCUT2D eigenvalue weighted by molar-refractivity contribution is 5.49. The third-order valence-electron chi connectivity index (χ3n) is 3.08. The summed E-state index contributed by atoms with van der Waals surface area (Å²) in [5.41, 5.74) is 2.15. The highest BCUT2D eigenvalue weighted by Gasteiger charge is 2.33. The number of halogens is 2. The van der Waals surface area contributed by atoms with Crippen LogP contribution in [0.1, 0.15) is 35.6 Å². The van der Waals surface area contributed by atoms with Crippen LogP contribution in [0.3, 0.4) is 0 Å². The van der Waals surface area contributed by atoms with E-state index in [2.05, 4.69) is 0 Å². The summed E-state index contributed by atoms with van der Waals surface area (Å²) in [4.78, 5) is 0.